The number of benzene rings is 1. The summed E-state index contributed by atoms with van der Waals surface area (Å²) in [7, 11) is 0. The monoisotopic (exact) mass is 231 g/mol. The SMILES string of the molecule is Cc1cc(C(=O)NCCCl)ccc1Cl. The Morgan fingerprint density at radius 3 is 2.79 bits per heavy atom. The van der Waals surface area contributed by atoms with Crippen LogP contribution in [0.25, 0.3) is 0 Å². The number of amides is 1. The van der Waals surface area contributed by atoms with Gasteiger partial charge in [0.2, 0.25) is 0 Å². The summed E-state index contributed by atoms with van der Waals surface area (Å²) in [4.78, 5) is 11.5. The summed E-state index contributed by atoms with van der Waals surface area (Å²) in [6.45, 7) is 2.34. The van der Waals surface area contributed by atoms with Crippen molar-refractivity contribution in [3.63, 3.8) is 0 Å². The Kier molecular flexibility index (Phi) is 4.23. The van der Waals surface area contributed by atoms with Crippen molar-refractivity contribution in [3.05, 3.63) is 34.3 Å². The fourth-order valence-corrected chi connectivity index (χ4v) is 1.26. The van der Waals surface area contributed by atoms with Gasteiger partial charge in [-0.15, -0.1) is 11.6 Å². The highest BCUT2D eigenvalue weighted by Crippen LogP contribution is 2.15. The van der Waals surface area contributed by atoms with E-state index < -0.39 is 0 Å². The average Bonchev–Trinajstić information content (AvgIpc) is 2.18. The highest BCUT2D eigenvalue weighted by Gasteiger charge is 2.05. The van der Waals surface area contributed by atoms with Crippen molar-refractivity contribution in [1.82, 2.24) is 5.32 Å². The van der Waals surface area contributed by atoms with Crippen molar-refractivity contribution in [2.45, 2.75) is 6.92 Å². The molecular formula is C10H11Cl2NO. The molecule has 1 amide bonds. The van der Waals surface area contributed by atoms with Crippen LogP contribution in [0.15, 0.2) is 18.2 Å². The first-order chi connectivity index (χ1) is 6.65. The Bertz CT molecular complexity index is 339. The highest BCUT2D eigenvalue weighted by molar-refractivity contribution is 6.31. The van der Waals surface area contributed by atoms with Gasteiger partial charge in [-0.05, 0) is 30.7 Å². The van der Waals surface area contributed by atoms with Gasteiger partial charge in [0.1, 0.15) is 0 Å². The van der Waals surface area contributed by atoms with E-state index in [1.165, 1.54) is 0 Å². The third kappa shape index (κ3) is 2.89. The minimum atomic E-state index is -0.120. The van der Waals surface area contributed by atoms with E-state index in [9.17, 15) is 4.79 Å². The van der Waals surface area contributed by atoms with Gasteiger partial charge in [0.25, 0.3) is 5.91 Å². The molecule has 1 aromatic rings. The molecule has 0 aromatic heterocycles. The fourth-order valence-electron chi connectivity index (χ4n) is 1.05. The first kappa shape index (κ1) is 11.3. The zero-order valence-electron chi connectivity index (χ0n) is 7.81. The molecule has 1 N–H and O–H groups in total. The molecule has 0 aliphatic heterocycles. The molecule has 14 heavy (non-hydrogen) atoms. The lowest BCUT2D eigenvalue weighted by atomic mass is 10.1. The smallest absolute Gasteiger partial charge is 0.251 e. The molecule has 1 aromatic carbocycles. The van der Waals surface area contributed by atoms with Gasteiger partial charge in [0.05, 0.1) is 0 Å². The van der Waals surface area contributed by atoms with E-state index in [-0.39, 0.29) is 5.91 Å². The zero-order valence-corrected chi connectivity index (χ0v) is 9.32. The molecule has 0 spiro atoms. The number of carbonyl (C=O) groups is 1. The zero-order chi connectivity index (χ0) is 10.6. The van der Waals surface area contributed by atoms with Crippen LogP contribution < -0.4 is 5.32 Å². The number of rotatable bonds is 3. The summed E-state index contributed by atoms with van der Waals surface area (Å²) in [6, 6.07) is 5.16. The predicted molar refractivity (Wildman–Crippen MR) is 59.2 cm³/mol. The maximum atomic E-state index is 11.5. The number of alkyl halides is 1. The van der Waals surface area contributed by atoms with Gasteiger partial charge in [-0.3, -0.25) is 4.79 Å². The van der Waals surface area contributed by atoms with Crippen LogP contribution in [0, 0.1) is 6.92 Å². The normalized spacial score (nSPS) is 9.93. The van der Waals surface area contributed by atoms with Crippen molar-refractivity contribution in [1.29, 1.82) is 0 Å². The topological polar surface area (TPSA) is 29.1 Å². The number of aryl methyl sites for hydroxylation is 1. The Morgan fingerprint density at radius 2 is 2.21 bits per heavy atom. The van der Waals surface area contributed by atoms with Gasteiger partial charge >= 0.3 is 0 Å². The molecule has 1 rings (SSSR count). The number of hydrogen-bond acceptors (Lipinski definition) is 1. The fraction of sp³-hybridized carbons (Fsp3) is 0.300. The van der Waals surface area contributed by atoms with Crippen molar-refractivity contribution < 1.29 is 4.79 Å². The first-order valence-electron chi connectivity index (χ1n) is 4.25. The van der Waals surface area contributed by atoms with Crippen molar-refractivity contribution >= 4 is 29.1 Å². The van der Waals surface area contributed by atoms with E-state index in [1.807, 2.05) is 6.92 Å². The van der Waals surface area contributed by atoms with Crippen LogP contribution in [-0.2, 0) is 0 Å². The lowest BCUT2D eigenvalue weighted by molar-refractivity contribution is 0.0956. The lowest BCUT2D eigenvalue weighted by Gasteiger charge is -2.04. The average molecular weight is 232 g/mol. The summed E-state index contributed by atoms with van der Waals surface area (Å²) in [5.41, 5.74) is 1.50. The van der Waals surface area contributed by atoms with Gasteiger partial charge < -0.3 is 5.32 Å². The molecule has 0 fully saturated rings. The molecule has 2 nitrogen and oxygen atoms in total. The minimum absolute atomic E-state index is 0.120. The van der Waals surface area contributed by atoms with Crippen LogP contribution in [0.3, 0.4) is 0 Å². The second-order valence-electron chi connectivity index (χ2n) is 2.91. The number of carbonyl (C=O) groups excluding carboxylic acids is 1. The van der Waals surface area contributed by atoms with Crippen LogP contribution in [0.5, 0.6) is 0 Å². The second-order valence-corrected chi connectivity index (χ2v) is 3.69. The summed E-state index contributed by atoms with van der Waals surface area (Å²) >= 11 is 11.3. The molecular weight excluding hydrogens is 221 g/mol. The van der Waals surface area contributed by atoms with E-state index in [0.717, 1.165) is 5.56 Å². The molecule has 4 heteroatoms. The molecule has 0 aliphatic carbocycles. The number of halogens is 2. The van der Waals surface area contributed by atoms with Crippen LogP contribution in [0.4, 0.5) is 0 Å². The number of hydrogen-bond donors (Lipinski definition) is 1. The van der Waals surface area contributed by atoms with E-state index in [1.54, 1.807) is 18.2 Å². The second kappa shape index (κ2) is 5.23. The standard InChI is InChI=1S/C10H11Cl2NO/c1-7-6-8(2-3-9(7)12)10(14)13-5-4-11/h2-3,6H,4-5H2,1H3,(H,13,14). The molecule has 0 atom stereocenters. The van der Waals surface area contributed by atoms with Crippen molar-refractivity contribution in [2.75, 3.05) is 12.4 Å². The van der Waals surface area contributed by atoms with E-state index in [2.05, 4.69) is 5.32 Å². The van der Waals surface area contributed by atoms with Gasteiger partial charge in [-0.25, -0.2) is 0 Å². The number of nitrogens with one attached hydrogen (secondary N) is 1. The van der Waals surface area contributed by atoms with Gasteiger partial charge in [0, 0.05) is 23.0 Å². The molecule has 0 aliphatic rings. The molecule has 0 bridgehead atoms. The summed E-state index contributed by atoms with van der Waals surface area (Å²) in [5.74, 6) is 0.295. The quantitative estimate of drug-likeness (QED) is 0.797. The van der Waals surface area contributed by atoms with Crippen LogP contribution in [-0.4, -0.2) is 18.3 Å². The third-order valence-corrected chi connectivity index (χ3v) is 2.41. The lowest BCUT2D eigenvalue weighted by Crippen LogP contribution is -2.25. The van der Waals surface area contributed by atoms with Gasteiger partial charge in [-0.1, -0.05) is 11.6 Å². The Labute approximate surface area is 93.2 Å². The largest absolute Gasteiger partial charge is 0.351 e. The summed E-state index contributed by atoms with van der Waals surface area (Å²) in [5, 5.41) is 3.35. The first-order valence-corrected chi connectivity index (χ1v) is 5.16. The van der Waals surface area contributed by atoms with Crippen molar-refractivity contribution in [2.24, 2.45) is 0 Å². The molecule has 0 radical (unpaired) electrons. The third-order valence-electron chi connectivity index (χ3n) is 1.80. The maximum absolute atomic E-state index is 11.5. The van der Waals surface area contributed by atoms with Crippen LogP contribution in [0.1, 0.15) is 15.9 Å². The van der Waals surface area contributed by atoms with Gasteiger partial charge in [0.15, 0.2) is 0 Å². The van der Waals surface area contributed by atoms with E-state index in [0.29, 0.717) is 23.0 Å². The predicted octanol–water partition coefficient (Wildman–Crippen LogP) is 2.62. The molecule has 0 unspecified atom stereocenters. The van der Waals surface area contributed by atoms with E-state index in [4.69, 9.17) is 23.2 Å². The summed E-state index contributed by atoms with van der Waals surface area (Å²) < 4.78 is 0. The Hall–Kier alpha value is -0.730. The van der Waals surface area contributed by atoms with E-state index >= 15 is 0 Å². The molecule has 0 saturated carbocycles. The molecule has 76 valence electrons. The molecule has 0 heterocycles. The Morgan fingerprint density at radius 1 is 1.50 bits per heavy atom. The summed E-state index contributed by atoms with van der Waals surface area (Å²) in [6.07, 6.45) is 0. The van der Waals surface area contributed by atoms with Crippen LogP contribution in [0.2, 0.25) is 5.02 Å². The highest BCUT2D eigenvalue weighted by atomic mass is 35.5. The minimum Gasteiger partial charge on any atom is -0.351 e. The molecule has 0 saturated heterocycles. The van der Waals surface area contributed by atoms with Gasteiger partial charge in [-0.2, -0.15) is 0 Å². The van der Waals surface area contributed by atoms with Crippen molar-refractivity contribution in [3.8, 4) is 0 Å². The van der Waals surface area contributed by atoms with Crippen LogP contribution >= 0.6 is 23.2 Å². The maximum Gasteiger partial charge on any atom is 0.251 e. The Balaban J connectivity index is 2.76.